The van der Waals surface area contributed by atoms with E-state index < -0.39 is 5.82 Å². The van der Waals surface area contributed by atoms with E-state index in [1.54, 1.807) is 26.7 Å². The Balaban J connectivity index is 1.32. The first kappa shape index (κ1) is 18.9. The van der Waals surface area contributed by atoms with E-state index in [0.717, 1.165) is 11.3 Å². The number of carbonyl (C=O) groups excluding carboxylic acids is 2. The average Bonchev–Trinajstić information content (AvgIpc) is 3.22. The lowest BCUT2D eigenvalue weighted by Gasteiger charge is -2.34. The van der Waals surface area contributed by atoms with E-state index in [2.05, 4.69) is 5.10 Å². The number of hydrogen-bond donors (Lipinski definition) is 0. The second kappa shape index (κ2) is 8.26. The molecule has 0 N–H and O–H groups in total. The minimum atomic E-state index is -0.430. The molecule has 2 aromatic carbocycles. The lowest BCUT2D eigenvalue weighted by atomic mass is 10.1. The van der Waals surface area contributed by atoms with Gasteiger partial charge < -0.3 is 9.80 Å². The van der Waals surface area contributed by atoms with Crippen LogP contribution in [-0.4, -0.2) is 57.6 Å². The summed E-state index contributed by atoms with van der Waals surface area (Å²) in [7, 11) is 0. The maximum Gasteiger partial charge on any atom is 0.254 e. The van der Waals surface area contributed by atoms with Crippen LogP contribution in [0.25, 0.3) is 5.69 Å². The molecule has 1 fully saturated rings. The SMILES string of the molecule is O=C(Cc1cnn(-c2ccccc2)c1)N1CCN(C(=O)c2cccc(F)c2)CC1. The van der Waals surface area contributed by atoms with Crippen LogP contribution in [0.4, 0.5) is 4.39 Å². The molecule has 0 unspecified atom stereocenters. The van der Waals surface area contributed by atoms with Crippen molar-refractivity contribution in [2.24, 2.45) is 0 Å². The monoisotopic (exact) mass is 392 g/mol. The molecule has 1 aliphatic heterocycles. The number of benzene rings is 2. The van der Waals surface area contributed by atoms with Crippen LogP contribution in [0.2, 0.25) is 0 Å². The summed E-state index contributed by atoms with van der Waals surface area (Å²) in [5.41, 5.74) is 2.12. The summed E-state index contributed by atoms with van der Waals surface area (Å²) in [6.45, 7) is 1.80. The zero-order valence-corrected chi connectivity index (χ0v) is 15.9. The normalized spacial score (nSPS) is 14.1. The van der Waals surface area contributed by atoms with Crippen molar-refractivity contribution in [1.82, 2.24) is 19.6 Å². The van der Waals surface area contributed by atoms with E-state index >= 15 is 0 Å². The van der Waals surface area contributed by atoms with Crippen molar-refractivity contribution in [3.63, 3.8) is 0 Å². The van der Waals surface area contributed by atoms with Crippen molar-refractivity contribution in [2.75, 3.05) is 26.2 Å². The van der Waals surface area contributed by atoms with Crippen LogP contribution >= 0.6 is 0 Å². The minimum absolute atomic E-state index is 0.00969. The van der Waals surface area contributed by atoms with Gasteiger partial charge in [-0.05, 0) is 35.9 Å². The Hall–Kier alpha value is -3.48. The molecule has 6 nitrogen and oxygen atoms in total. The van der Waals surface area contributed by atoms with Crippen molar-refractivity contribution in [1.29, 1.82) is 0 Å². The lowest BCUT2D eigenvalue weighted by molar-refractivity contribution is -0.131. The zero-order chi connectivity index (χ0) is 20.2. The highest BCUT2D eigenvalue weighted by atomic mass is 19.1. The number of para-hydroxylation sites is 1. The standard InChI is InChI=1S/C22H21FN4O2/c23-19-6-4-5-18(14-19)22(29)26-11-9-25(10-12-26)21(28)13-17-15-24-27(16-17)20-7-2-1-3-8-20/h1-8,14-16H,9-13H2. The predicted molar refractivity (Wildman–Crippen MR) is 106 cm³/mol. The Morgan fingerprint density at radius 1 is 0.931 bits per heavy atom. The summed E-state index contributed by atoms with van der Waals surface area (Å²) in [5.74, 6) is -0.628. The van der Waals surface area contributed by atoms with Gasteiger partial charge in [0.1, 0.15) is 5.82 Å². The summed E-state index contributed by atoms with van der Waals surface area (Å²) in [6.07, 6.45) is 3.83. The number of hydrogen-bond acceptors (Lipinski definition) is 3. The van der Waals surface area contributed by atoms with Crippen molar-refractivity contribution in [3.05, 3.63) is 83.9 Å². The molecule has 1 aromatic heterocycles. The molecule has 1 saturated heterocycles. The van der Waals surface area contributed by atoms with Gasteiger partial charge in [-0.3, -0.25) is 9.59 Å². The first-order chi connectivity index (χ1) is 14.1. The number of amides is 2. The third-order valence-corrected chi connectivity index (χ3v) is 5.00. The molecule has 0 saturated carbocycles. The van der Waals surface area contributed by atoms with E-state index in [1.165, 1.54) is 18.2 Å². The topological polar surface area (TPSA) is 58.4 Å². The van der Waals surface area contributed by atoms with E-state index in [0.29, 0.717) is 31.7 Å². The van der Waals surface area contributed by atoms with Gasteiger partial charge in [-0.2, -0.15) is 5.10 Å². The Bertz CT molecular complexity index is 1010. The Morgan fingerprint density at radius 3 is 2.38 bits per heavy atom. The largest absolute Gasteiger partial charge is 0.339 e. The summed E-state index contributed by atoms with van der Waals surface area (Å²) < 4.78 is 15.1. The van der Waals surface area contributed by atoms with Gasteiger partial charge in [-0.15, -0.1) is 0 Å². The molecule has 7 heteroatoms. The lowest BCUT2D eigenvalue weighted by Crippen LogP contribution is -2.51. The highest BCUT2D eigenvalue weighted by molar-refractivity contribution is 5.94. The third kappa shape index (κ3) is 4.34. The van der Waals surface area contributed by atoms with E-state index in [-0.39, 0.29) is 18.2 Å². The summed E-state index contributed by atoms with van der Waals surface area (Å²) in [4.78, 5) is 28.6. The molecule has 0 aliphatic carbocycles. The molecule has 0 spiro atoms. The van der Waals surface area contributed by atoms with Crippen molar-refractivity contribution >= 4 is 11.8 Å². The fraction of sp³-hybridized carbons (Fsp3) is 0.227. The third-order valence-electron chi connectivity index (χ3n) is 5.00. The van der Waals surface area contributed by atoms with Crippen LogP contribution in [0, 0.1) is 5.82 Å². The number of halogens is 1. The fourth-order valence-electron chi connectivity index (χ4n) is 3.42. The number of aromatic nitrogens is 2. The van der Waals surface area contributed by atoms with E-state index in [1.807, 2.05) is 36.5 Å². The summed E-state index contributed by atoms with van der Waals surface area (Å²) >= 11 is 0. The number of carbonyl (C=O) groups is 2. The van der Waals surface area contributed by atoms with E-state index in [9.17, 15) is 14.0 Å². The van der Waals surface area contributed by atoms with Gasteiger partial charge in [0.2, 0.25) is 5.91 Å². The molecule has 2 heterocycles. The van der Waals surface area contributed by atoms with Crippen molar-refractivity contribution < 1.29 is 14.0 Å². The predicted octanol–water partition coefficient (Wildman–Crippen LogP) is 2.54. The maximum absolute atomic E-state index is 13.3. The molecule has 0 atom stereocenters. The second-order valence-corrected chi connectivity index (χ2v) is 6.99. The Labute approximate surface area is 168 Å². The quantitative estimate of drug-likeness (QED) is 0.686. The van der Waals surface area contributed by atoms with Crippen LogP contribution in [0.3, 0.4) is 0 Å². The van der Waals surface area contributed by atoms with Gasteiger partial charge in [0.25, 0.3) is 5.91 Å². The number of nitrogens with zero attached hydrogens (tertiary/aromatic N) is 4. The van der Waals surface area contributed by atoms with Gasteiger partial charge in [0.15, 0.2) is 0 Å². The highest BCUT2D eigenvalue weighted by Crippen LogP contribution is 2.13. The molecule has 29 heavy (non-hydrogen) atoms. The van der Waals surface area contributed by atoms with Crippen LogP contribution in [-0.2, 0) is 11.2 Å². The fourth-order valence-corrected chi connectivity index (χ4v) is 3.42. The zero-order valence-electron chi connectivity index (χ0n) is 15.9. The molecular formula is C22H21FN4O2. The van der Waals surface area contributed by atoms with Crippen LogP contribution in [0.1, 0.15) is 15.9 Å². The van der Waals surface area contributed by atoms with Crippen molar-refractivity contribution in [3.8, 4) is 5.69 Å². The molecule has 2 amide bonds. The first-order valence-electron chi connectivity index (χ1n) is 9.52. The molecule has 0 bridgehead atoms. The summed E-state index contributed by atoms with van der Waals surface area (Å²) in [5, 5.41) is 4.32. The minimum Gasteiger partial charge on any atom is -0.339 e. The van der Waals surface area contributed by atoms with Crippen LogP contribution in [0.5, 0.6) is 0 Å². The molecule has 4 rings (SSSR count). The summed E-state index contributed by atoms with van der Waals surface area (Å²) in [6, 6.07) is 15.4. The van der Waals surface area contributed by atoms with Gasteiger partial charge in [0.05, 0.1) is 18.3 Å². The average molecular weight is 392 g/mol. The van der Waals surface area contributed by atoms with Crippen LogP contribution in [0.15, 0.2) is 67.0 Å². The van der Waals surface area contributed by atoms with E-state index in [4.69, 9.17) is 0 Å². The second-order valence-electron chi connectivity index (χ2n) is 6.99. The van der Waals surface area contributed by atoms with Crippen LogP contribution < -0.4 is 0 Å². The maximum atomic E-state index is 13.3. The Morgan fingerprint density at radius 2 is 1.66 bits per heavy atom. The molecule has 3 aromatic rings. The molecular weight excluding hydrogens is 371 g/mol. The van der Waals surface area contributed by atoms with Gasteiger partial charge >= 0.3 is 0 Å². The highest BCUT2D eigenvalue weighted by Gasteiger charge is 2.25. The van der Waals surface area contributed by atoms with Gasteiger partial charge in [-0.1, -0.05) is 24.3 Å². The smallest absolute Gasteiger partial charge is 0.254 e. The molecule has 148 valence electrons. The molecule has 1 aliphatic rings. The van der Waals surface area contributed by atoms with Gasteiger partial charge in [0, 0.05) is 37.9 Å². The number of piperazine rings is 1. The first-order valence-corrected chi connectivity index (χ1v) is 9.52. The number of rotatable bonds is 4. The Kier molecular flexibility index (Phi) is 5.37. The van der Waals surface area contributed by atoms with Gasteiger partial charge in [-0.25, -0.2) is 9.07 Å². The van der Waals surface area contributed by atoms with Crippen molar-refractivity contribution in [2.45, 2.75) is 6.42 Å². The molecule has 0 radical (unpaired) electrons.